The molecule has 0 spiro atoms. The molecule has 88 valence electrons. The van der Waals surface area contributed by atoms with Gasteiger partial charge in [-0.05, 0) is 32.0 Å². The van der Waals surface area contributed by atoms with Crippen molar-refractivity contribution in [3.8, 4) is 11.5 Å². The fraction of sp³-hybridized carbons (Fsp3) is 0.417. The molecule has 4 nitrogen and oxygen atoms in total. The van der Waals surface area contributed by atoms with E-state index in [1.807, 2.05) is 0 Å². The summed E-state index contributed by atoms with van der Waals surface area (Å²) < 4.78 is 10.6. The van der Waals surface area contributed by atoms with Crippen LogP contribution in [-0.2, 0) is 0 Å². The van der Waals surface area contributed by atoms with Gasteiger partial charge in [0.05, 0.1) is 13.2 Å². The van der Waals surface area contributed by atoms with Crippen LogP contribution in [0.4, 0.5) is 0 Å². The van der Waals surface area contributed by atoms with Crippen LogP contribution in [-0.4, -0.2) is 30.7 Å². The molecule has 0 fully saturated rings. The van der Waals surface area contributed by atoms with E-state index in [1.54, 1.807) is 32.0 Å². The Morgan fingerprint density at radius 1 is 1.31 bits per heavy atom. The van der Waals surface area contributed by atoms with E-state index in [0.717, 1.165) is 6.29 Å². The van der Waals surface area contributed by atoms with Crippen molar-refractivity contribution in [2.24, 2.45) is 0 Å². The molecule has 0 saturated heterocycles. The van der Waals surface area contributed by atoms with Crippen LogP contribution in [0.2, 0.25) is 0 Å². The summed E-state index contributed by atoms with van der Waals surface area (Å²) >= 11 is 0. The van der Waals surface area contributed by atoms with Gasteiger partial charge < -0.3 is 14.6 Å². The summed E-state index contributed by atoms with van der Waals surface area (Å²) in [7, 11) is 1.50. The molecule has 16 heavy (non-hydrogen) atoms. The molecular weight excluding hydrogens is 208 g/mol. The van der Waals surface area contributed by atoms with E-state index in [9.17, 15) is 9.90 Å². The highest BCUT2D eigenvalue weighted by molar-refractivity contribution is 5.76. The van der Waals surface area contributed by atoms with Crippen LogP contribution in [0.15, 0.2) is 18.2 Å². The number of hydrogen-bond donors (Lipinski definition) is 1. The second-order valence-electron chi connectivity index (χ2n) is 3.59. The largest absolute Gasteiger partial charge is 0.493 e. The first-order chi connectivity index (χ1) is 7.58. The zero-order chi connectivity index (χ0) is 12.1. The van der Waals surface area contributed by atoms with Gasteiger partial charge >= 0.3 is 0 Å². The summed E-state index contributed by atoms with van der Waals surface area (Å²) in [5, 5.41) is 9.32. The lowest BCUT2D eigenvalue weighted by Crippen LogP contribution is -2.25. The van der Waals surface area contributed by atoms with Crippen LogP contribution >= 0.6 is 0 Å². The molecule has 2 atom stereocenters. The van der Waals surface area contributed by atoms with Crippen LogP contribution in [0.1, 0.15) is 24.2 Å². The van der Waals surface area contributed by atoms with E-state index in [0.29, 0.717) is 17.1 Å². The molecule has 1 rings (SSSR count). The molecule has 0 heterocycles. The summed E-state index contributed by atoms with van der Waals surface area (Å²) in [5.41, 5.74) is 0.522. The fourth-order valence-corrected chi connectivity index (χ4v) is 1.15. The Morgan fingerprint density at radius 3 is 2.50 bits per heavy atom. The van der Waals surface area contributed by atoms with Gasteiger partial charge in [0.1, 0.15) is 12.4 Å². The van der Waals surface area contributed by atoms with Gasteiger partial charge in [-0.15, -0.1) is 0 Å². The SMILES string of the molecule is COc1cc(C=O)ccc1OC(C)C(C)O. The van der Waals surface area contributed by atoms with Crippen molar-refractivity contribution in [1.82, 2.24) is 0 Å². The van der Waals surface area contributed by atoms with Crippen molar-refractivity contribution in [3.05, 3.63) is 23.8 Å². The first-order valence-electron chi connectivity index (χ1n) is 5.06. The monoisotopic (exact) mass is 224 g/mol. The molecule has 0 aliphatic carbocycles. The van der Waals surface area contributed by atoms with Gasteiger partial charge in [-0.25, -0.2) is 0 Å². The molecule has 0 radical (unpaired) electrons. The Morgan fingerprint density at radius 2 is 2.00 bits per heavy atom. The first kappa shape index (κ1) is 12.5. The second-order valence-corrected chi connectivity index (χ2v) is 3.59. The minimum Gasteiger partial charge on any atom is -0.493 e. The van der Waals surface area contributed by atoms with Gasteiger partial charge in [-0.1, -0.05) is 0 Å². The summed E-state index contributed by atoms with van der Waals surface area (Å²) in [6.45, 7) is 3.41. The van der Waals surface area contributed by atoms with Gasteiger partial charge in [-0.3, -0.25) is 4.79 Å². The van der Waals surface area contributed by atoms with Crippen LogP contribution in [0.5, 0.6) is 11.5 Å². The van der Waals surface area contributed by atoms with E-state index in [4.69, 9.17) is 9.47 Å². The predicted octanol–water partition coefficient (Wildman–Crippen LogP) is 1.66. The van der Waals surface area contributed by atoms with E-state index in [-0.39, 0.29) is 6.10 Å². The summed E-state index contributed by atoms with van der Waals surface area (Å²) in [6.07, 6.45) is -0.170. The van der Waals surface area contributed by atoms with E-state index in [2.05, 4.69) is 0 Å². The topological polar surface area (TPSA) is 55.8 Å². The Bertz CT molecular complexity index is 360. The number of methoxy groups -OCH3 is 1. The van der Waals surface area contributed by atoms with Crippen molar-refractivity contribution < 1.29 is 19.4 Å². The lowest BCUT2D eigenvalue weighted by molar-refractivity contribution is 0.0586. The third kappa shape index (κ3) is 2.97. The average molecular weight is 224 g/mol. The molecule has 0 aliphatic rings. The van der Waals surface area contributed by atoms with Crippen molar-refractivity contribution in [2.75, 3.05) is 7.11 Å². The maximum absolute atomic E-state index is 10.6. The normalized spacial score (nSPS) is 14.0. The van der Waals surface area contributed by atoms with E-state index < -0.39 is 6.10 Å². The zero-order valence-electron chi connectivity index (χ0n) is 9.64. The van der Waals surface area contributed by atoms with Crippen LogP contribution in [0.25, 0.3) is 0 Å². The van der Waals surface area contributed by atoms with Crippen molar-refractivity contribution in [2.45, 2.75) is 26.1 Å². The molecule has 2 unspecified atom stereocenters. The van der Waals surface area contributed by atoms with Crippen LogP contribution < -0.4 is 9.47 Å². The van der Waals surface area contributed by atoms with Gasteiger partial charge in [0, 0.05) is 5.56 Å². The number of benzene rings is 1. The number of aldehydes is 1. The Balaban J connectivity index is 2.91. The van der Waals surface area contributed by atoms with Crippen molar-refractivity contribution >= 4 is 6.29 Å². The quantitative estimate of drug-likeness (QED) is 0.773. The maximum Gasteiger partial charge on any atom is 0.161 e. The zero-order valence-corrected chi connectivity index (χ0v) is 9.64. The van der Waals surface area contributed by atoms with Crippen molar-refractivity contribution in [3.63, 3.8) is 0 Å². The molecule has 1 aromatic rings. The molecule has 0 saturated carbocycles. The highest BCUT2D eigenvalue weighted by Crippen LogP contribution is 2.28. The molecule has 0 bridgehead atoms. The Hall–Kier alpha value is -1.55. The summed E-state index contributed by atoms with van der Waals surface area (Å²) in [6, 6.07) is 4.89. The number of hydrogen-bond acceptors (Lipinski definition) is 4. The average Bonchev–Trinajstić information content (AvgIpc) is 2.29. The predicted molar refractivity (Wildman–Crippen MR) is 60.2 cm³/mol. The van der Waals surface area contributed by atoms with E-state index in [1.165, 1.54) is 7.11 Å². The first-order valence-corrected chi connectivity index (χ1v) is 5.06. The van der Waals surface area contributed by atoms with Gasteiger partial charge in [0.25, 0.3) is 0 Å². The molecule has 1 N–H and O–H groups in total. The van der Waals surface area contributed by atoms with Crippen molar-refractivity contribution in [1.29, 1.82) is 0 Å². The smallest absolute Gasteiger partial charge is 0.161 e. The number of ether oxygens (including phenoxy) is 2. The number of rotatable bonds is 5. The third-order valence-corrected chi connectivity index (χ3v) is 2.32. The minimum absolute atomic E-state index is 0.337. The third-order valence-electron chi connectivity index (χ3n) is 2.32. The standard InChI is InChI=1S/C12H16O4/c1-8(14)9(2)16-11-5-4-10(7-13)6-12(11)15-3/h4-9,14H,1-3H3. The second kappa shape index (κ2) is 5.51. The molecule has 0 amide bonds. The fourth-order valence-electron chi connectivity index (χ4n) is 1.15. The number of aliphatic hydroxyl groups excluding tert-OH is 1. The highest BCUT2D eigenvalue weighted by Gasteiger charge is 2.13. The number of aliphatic hydroxyl groups is 1. The minimum atomic E-state index is -0.574. The van der Waals surface area contributed by atoms with Crippen LogP contribution in [0.3, 0.4) is 0 Å². The Labute approximate surface area is 94.8 Å². The van der Waals surface area contributed by atoms with Gasteiger partial charge in [0.2, 0.25) is 0 Å². The molecule has 0 aliphatic heterocycles. The van der Waals surface area contributed by atoms with Gasteiger partial charge in [-0.2, -0.15) is 0 Å². The lowest BCUT2D eigenvalue weighted by Gasteiger charge is -2.19. The van der Waals surface area contributed by atoms with E-state index >= 15 is 0 Å². The van der Waals surface area contributed by atoms with Gasteiger partial charge in [0.15, 0.2) is 11.5 Å². The molecule has 4 heteroatoms. The Kier molecular flexibility index (Phi) is 4.31. The summed E-state index contributed by atoms with van der Waals surface area (Å²) in [4.78, 5) is 10.6. The summed E-state index contributed by atoms with van der Waals surface area (Å²) in [5.74, 6) is 0.999. The molecule has 0 aromatic heterocycles. The maximum atomic E-state index is 10.6. The van der Waals surface area contributed by atoms with Crippen LogP contribution in [0, 0.1) is 0 Å². The lowest BCUT2D eigenvalue weighted by atomic mass is 10.2. The number of carbonyl (C=O) groups is 1. The molecule has 1 aromatic carbocycles. The highest BCUT2D eigenvalue weighted by atomic mass is 16.5. The number of carbonyl (C=O) groups excluding carboxylic acids is 1. The molecular formula is C12H16O4.